The molecule has 2 aliphatic rings. The van der Waals surface area contributed by atoms with Crippen LogP contribution < -0.4 is 10.2 Å². The summed E-state index contributed by atoms with van der Waals surface area (Å²) in [6, 6.07) is 13.1. The zero-order valence-corrected chi connectivity index (χ0v) is 22.9. The van der Waals surface area contributed by atoms with Crippen LogP contribution in [-0.4, -0.2) is 78.9 Å². The summed E-state index contributed by atoms with van der Waals surface area (Å²) in [5.74, 6) is -2.91. The van der Waals surface area contributed by atoms with Crippen LogP contribution in [0.25, 0.3) is 5.57 Å². The lowest BCUT2D eigenvalue weighted by molar-refractivity contribution is -0.360. The Labute approximate surface area is 238 Å². The Kier molecular flexibility index (Phi) is 8.94. The highest BCUT2D eigenvalue weighted by atomic mass is 32.2. The van der Waals surface area contributed by atoms with Crippen molar-refractivity contribution in [3.8, 4) is 5.75 Å². The molecule has 9 nitrogen and oxygen atoms in total. The van der Waals surface area contributed by atoms with E-state index in [1.807, 2.05) is 36.4 Å². The minimum atomic E-state index is -5.92. The summed E-state index contributed by atoms with van der Waals surface area (Å²) in [4.78, 5) is 27.0. The van der Waals surface area contributed by atoms with Gasteiger partial charge in [0.1, 0.15) is 5.75 Å². The standard InChI is InChI=1S/C27H28F5N3O6S/c28-26(29,30)27(31,32)41-22-8-6-21(7-9-22)23(36)34-16-12-25(13-17-34,24(37)33-38)18-42(39,40)35-14-10-20(11-15-35)19-4-2-1-3-5-19/h1-10,38H,11-18H2,(H,33,37). The molecule has 2 N–H and O–H groups in total. The number of hydrogen-bond donors (Lipinski definition) is 2. The second-order valence-electron chi connectivity index (χ2n) is 10.1. The smallest absolute Gasteiger partial charge is 0.426 e. The molecule has 4 rings (SSSR count). The van der Waals surface area contributed by atoms with Crippen LogP contribution in [-0.2, 0) is 14.8 Å². The van der Waals surface area contributed by atoms with Gasteiger partial charge in [0.2, 0.25) is 10.0 Å². The summed E-state index contributed by atoms with van der Waals surface area (Å²) in [6.45, 7) is 0.163. The minimum absolute atomic E-state index is 0.0428. The first-order valence-corrected chi connectivity index (χ1v) is 14.5. The first-order valence-electron chi connectivity index (χ1n) is 12.9. The van der Waals surface area contributed by atoms with Crippen LogP contribution in [0.2, 0.25) is 0 Å². The number of hydrogen-bond acceptors (Lipinski definition) is 6. The maximum atomic E-state index is 13.4. The topological polar surface area (TPSA) is 116 Å². The molecule has 2 amide bonds. The van der Waals surface area contributed by atoms with E-state index in [0.29, 0.717) is 6.42 Å². The summed E-state index contributed by atoms with van der Waals surface area (Å²) < 4.78 is 95.2. The van der Waals surface area contributed by atoms with E-state index < -0.39 is 51.0 Å². The first-order chi connectivity index (χ1) is 19.7. The number of carbonyl (C=O) groups excluding carboxylic acids is 2. The van der Waals surface area contributed by atoms with Gasteiger partial charge in [-0.05, 0) is 54.7 Å². The minimum Gasteiger partial charge on any atom is -0.426 e. The number of halogens is 5. The molecule has 0 spiro atoms. The quantitative estimate of drug-likeness (QED) is 0.262. The highest BCUT2D eigenvalue weighted by Crippen LogP contribution is 2.38. The van der Waals surface area contributed by atoms with Crippen molar-refractivity contribution in [1.82, 2.24) is 14.7 Å². The Hall–Kier alpha value is -3.56. The summed E-state index contributed by atoms with van der Waals surface area (Å²) in [6.07, 6.45) is -9.27. The van der Waals surface area contributed by atoms with Crippen molar-refractivity contribution >= 4 is 27.4 Å². The molecule has 0 saturated carbocycles. The number of hydroxylamine groups is 1. The van der Waals surface area contributed by atoms with Gasteiger partial charge in [-0.3, -0.25) is 14.8 Å². The zero-order valence-electron chi connectivity index (χ0n) is 22.1. The third-order valence-corrected chi connectivity index (χ3v) is 9.47. The fourth-order valence-electron chi connectivity index (χ4n) is 5.01. The van der Waals surface area contributed by atoms with Crippen molar-refractivity contribution in [2.45, 2.75) is 31.5 Å². The Morgan fingerprint density at radius 2 is 1.57 bits per heavy atom. The second kappa shape index (κ2) is 12.0. The zero-order chi connectivity index (χ0) is 30.8. The summed E-state index contributed by atoms with van der Waals surface area (Å²) in [5, 5.41) is 9.40. The second-order valence-corrected chi connectivity index (χ2v) is 12.1. The van der Waals surface area contributed by atoms with Crippen LogP contribution in [0.4, 0.5) is 22.0 Å². The number of sulfonamides is 1. The summed E-state index contributed by atoms with van der Waals surface area (Å²) >= 11 is 0. The lowest BCUT2D eigenvalue weighted by Crippen LogP contribution is -2.54. The van der Waals surface area contributed by atoms with E-state index in [-0.39, 0.29) is 44.6 Å². The van der Waals surface area contributed by atoms with Crippen LogP contribution >= 0.6 is 0 Å². The molecule has 2 heterocycles. The van der Waals surface area contributed by atoms with Crippen molar-refractivity contribution in [2.24, 2.45) is 5.41 Å². The highest BCUT2D eigenvalue weighted by Gasteiger charge is 2.61. The van der Waals surface area contributed by atoms with Crippen LogP contribution in [0.1, 0.15) is 35.2 Å². The average molecular weight is 618 g/mol. The van der Waals surface area contributed by atoms with Crippen LogP contribution in [0, 0.1) is 5.41 Å². The van der Waals surface area contributed by atoms with E-state index in [0.717, 1.165) is 35.4 Å². The number of carbonyl (C=O) groups is 2. The third-order valence-electron chi connectivity index (χ3n) is 7.44. The van der Waals surface area contributed by atoms with Gasteiger partial charge in [0.25, 0.3) is 11.8 Å². The van der Waals surface area contributed by atoms with Crippen molar-refractivity contribution in [3.63, 3.8) is 0 Å². The molecule has 0 aromatic heterocycles. The molecular formula is C27H28F5N3O6S. The molecule has 0 aliphatic carbocycles. The van der Waals surface area contributed by atoms with Crippen LogP contribution in [0.3, 0.4) is 0 Å². The maximum absolute atomic E-state index is 13.4. The lowest BCUT2D eigenvalue weighted by Gasteiger charge is -2.41. The number of piperidine rings is 1. The van der Waals surface area contributed by atoms with Gasteiger partial charge < -0.3 is 9.64 Å². The molecule has 0 radical (unpaired) electrons. The molecule has 1 saturated heterocycles. The first kappa shape index (κ1) is 31.4. The molecule has 15 heteroatoms. The highest BCUT2D eigenvalue weighted by molar-refractivity contribution is 7.89. The molecule has 0 atom stereocenters. The van der Waals surface area contributed by atoms with Gasteiger partial charge in [-0.15, -0.1) is 0 Å². The van der Waals surface area contributed by atoms with E-state index >= 15 is 0 Å². The molecule has 2 aromatic carbocycles. The Morgan fingerprint density at radius 3 is 2.10 bits per heavy atom. The molecule has 0 bridgehead atoms. The molecule has 2 aromatic rings. The molecule has 2 aliphatic heterocycles. The van der Waals surface area contributed by atoms with Crippen molar-refractivity contribution < 1.29 is 49.9 Å². The monoisotopic (exact) mass is 617 g/mol. The van der Waals surface area contributed by atoms with Crippen LogP contribution in [0.5, 0.6) is 5.75 Å². The molecule has 42 heavy (non-hydrogen) atoms. The number of ether oxygens (including phenoxy) is 1. The fourth-order valence-corrected chi connectivity index (χ4v) is 6.98. The Morgan fingerprint density at radius 1 is 0.952 bits per heavy atom. The molecular weight excluding hydrogens is 589 g/mol. The van der Waals surface area contributed by atoms with Gasteiger partial charge in [0.15, 0.2) is 0 Å². The van der Waals surface area contributed by atoms with Gasteiger partial charge in [-0.25, -0.2) is 13.9 Å². The normalized spacial score (nSPS) is 18.2. The lowest BCUT2D eigenvalue weighted by atomic mass is 9.79. The van der Waals surface area contributed by atoms with E-state index in [4.69, 9.17) is 0 Å². The number of alkyl halides is 5. The number of nitrogens with zero attached hydrogens (tertiary/aromatic N) is 2. The predicted molar refractivity (Wildman–Crippen MR) is 140 cm³/mol. The van der Waals surface area contributed by atoms with Crippen molar-refractivity contribution in [1.29, 1.82) is 0 Å². The number of rotatable bonds is 8. The van der Waals surface area contributed by atoms with Crippen molar-refractivity contribution in [2.75, 3.05) is 31.9 Å². The Balaban J connectivity index is 1.41. The Bertz CT molecular complexity index is 1420. The van der Waals surface area contributed by atoms with Crippen molar-refractivity contribution in [3.05, 3.63) is 71.8 Å². The number of amides is 2. The number of likely N-dealkylation sites (tertiary alicyclic amines) is 1. The van der Waals surface area contributed by atoms with E-state index in [2.05, 4.69) is 4.74 Å². The van der Waals surface area contributed by atoms with Gasteiger partial charge in [0, 0.05) is 31.7 Å². The van der Waals surface area contributed by atoms with Gasteiger partial charge in [-0.2, -0.15) is 26.3 Å². The van der Waals surface area contributed by atoms with E-state index in [1.165, 1.54) is 9.21 Å². The number of nitrogens with one attached hydrogen (secondary N) is 1. The maximum Gasteiger partial charge on any atom is 0.499 e. The third kappa shape index (κ3) is 6.73. The molecule has 1 fully saturated rings. The summed E-state index contributed by atoms with van der Waals surface area (Å²) in [5.41, 5.74) is 1.97. The SMILES string of the molecule is O=C(c1ccc(OC(F)(F)C(F)(F)F)cc1)N1CCC(CS(=O)(=O)N2CC=C(c3ccccc3)CC2)(C(=O)NO)CC1. The van der Waals surface area contributed by atoms with Gasteiger partial charge >= 0.3 is 12.3 Å². The van der Waals surface area contributed by atoms with E-state index in [1.54, 1.807) is 5.48 Å². The number of benzene rings is 2. The average Bonchev–Trinajstić information content (AvgIpc) is 2.96. The van der Waals surface area contributed by atoms with Gasteiger partial charge in [-0.1, -0.05) is 36.4 Å². The largest absolute Gasteiger partial charge is 0.499 e. The van der Waals surface area contributed by atoms with Gasteiger partial charge in [0.05, 0.1) is 11.2 Å². The molecule has 228 valence electrons. The van der Waals surface area contributed by atoms with E-state index in [9.17, 15) is 45.2 Å². The fraction of sp³-hybridized carbons (Fsp3) is 0.407. The van der Waals surface area contributed by atoms with Crippen LogP contribution in [0.15, 0.2) is 60.7 Å². The predicted octanol–water partition coefficient (Wildman–Crippen LogP) is 4.07. The summed E-state index contributed by atoms with van der Waals surface area (Å²) in [7, 11) is -3.96. The molecule has 0 unspecified atom stereocenters.